The standard InChI is InChI=1S/C17H36O2Si/c1-7-8-9-10-11-13-16(14-12-15-18)19-20(5,6)17(2,3)4/h15-16H,7-14H2,1-6H3/t16-/m1/s1. The number of carbonyl (C=O) groups is 1. The second kappa shape index (κ2) is 9.72. The molecule has 0 heterocycles. The predicted molar refractivity (Wildman–Crippen MR) is 90.7 cm³/mol. The Morgan fingerprint density at radius 2 is 1.65 bits per heavy atom. The molecule has 0 aliphatic carbocycles. The topological polar surface area (TPSA) is 26.3 Å². The van der Waals surface area contributed by atoms with Crippen LogP contribution in [-0.2, 0) is 9.22 Å². The SMILES string of the molecule is CCCCCCC[C@H](CCC=O)O[Si](C)(C)C(C)(C)C. The van der Waals surface area contributed by atoms with E-state index in [1.165, 1.54) is 32.1 Å². The lowest BCUT2D eigenvalue weighted by Crippen LogP contribution is -2.44. The fourth-order valence-corrected chi connectivity index (χ4v) is 3.51. The van der Waals surface area contributed by atoms with E-state index >= 15 is 0 Å². The van der Waals surface area contributed by atoms with E-state index < -0.39 is 8.32 Å². The number of unbranched alkanes of at least 4 members (excludes halogenated alkanes) is 4. The maximum atomic E-state index is 10.6. The van der Waals surface area contributed by atoms with Gasteiger partial charge in [-0.25, -0.2) is 0 Å². The Balaban J connectivity index is 4.30. The van der Waals surface area contributed by atoms with Gasteiger partial charge in [0.15, 0.2) is 8.32 Å². The highest BCUT2D eigenvalue weighted by Gasteiger charge is 2.38. The van der Waals surface area contributed by atoms with Crippen molar-refractivity contribution in [2.24, 2.45) is 0 Å². The van der Waals surface area contributed by atoms with Crippen LogP contribution in [0.2, 0.25) is 18.1 Å². The smallest absolute Gasteiger partial charge is 0.192 e. The van der Waals surface area contributed by atoms with Gasteiger partial charge in [0.1, 0.15) is 6.29 Å². The van der Waals surface area contributed by atoms with Gasteiger partial charge in [-0.1, -0.05) is 59.8 Å². The number of aldehydes is 1. The van der Waals surface area contributed by atoms with Crippen molar-refractivity contribution >= 4 is 14.6 Å². The van der Waals surface area contributed by atoms with E-state index in [0.29, 0.717) is 6.42 Å². The molecule has 0 radical (unpaired) electrons. The molecule has 0 aliphatic rings. The van der Waals surface area contributed by atoms with Gasteiger partial charge in [0, 0.05) is 12.5 Å². The van der Waals surface area contributed by atoms with Gasteiger partial charge in [-0.3, -0.25) is 0 Å². The molecule has 0 aromatic heterocycles. The molecule has 0 saturated heterocycles. The fraction of sp³-hybridized carbons (Fsp3) is 0.941. The molecule has 2 nitrogen and oxygen atoms in total. The van der Waals surface area contributed by atoms with Gasteiger partial charge in [-0.2, -0.15) is 0 Å². The monoisotopic (exact) mass is 300 g/mol. The lowest BCUT2D eigenvalue weighted by atomic mass is 10.1. The molecular weight excluding hydrogens is 264 g/mol. The highest BCUT2D eigenvalue weighted by Crippen LogP contribution is 2.38. The summed E-state index contributed by atoms with van der Waals surface area (Å²) in [4.78, 5) is 10.6. The van der Waals surface area contributed by atoms with E-state index in [9.17, 15) is 4.79 Å². The molecule has 0 rings (SSSR count). The molecular formula is C17H36O2Si. The van der Waals surface area contributed by atoms with Crippen molar-refractivity contribution in [1.29, 1.82) is 0 Å². The molecule has 3 heteroatoms. The van der Waals surface area contributed by atoms with Crippen LogP contribution < -0.4 is 0 Å². The van der Waals surface area contributed by atoms with Crippen LogP contribution in [0.5, 0.6) is 0 Å². The summed E-state index contributed by atoms with van der Waals surface area (Å²) in [5, 5.41) is 0.245. The molecule has 0 amide bonds. The molecule has 0 fully saturated rings. The van der Waals surface area contributed by atoms with Gasteiger partial charge in [0.05, 0.1) is 0 Å². The Labute approximate surface area is 127 Å². The van der Waals surface area contributed by atoms with Crippen LogP contribution in [0.1, 0.15) is 79.1 Å². The molecule has 120 valence electrons. The Morgan fingerprint density at radius 1 is 1.05 bits per heavy atom. The molecule has 0 saturated carbocycles. The maximum absolute atomic E-state index is 10.6. The number of rotatable bonds is 11. The summed E-state index contributed by atoms with van der Waals surface area (Å²) in [6, 6.07) is 0. The molecule has 0 bridgehead atoms. The first-order chi connectivity index (χ1) is 9.24. The number of hydrogen-bond donors (Lipinski definition) is 0. The Hall–Kier alpha value is -0.153. The molecule has 0 aliphatic heterocycles. The zero-order valence-corrected chi connectivity index (χ0v) is 15.6. The molecule has 20 heavy (non-hydrogen) atoms. The second-order valence-electron chi connectivity index (χ2n) is 7.45. The van der Waals surface area contributed by atoms with E-state index in [0.717, 1.165) is 19.1 Å². The van der Waals surface area contributed by atoms with Crippen LogP contribution >= 0.6 is 0 Å². The molecule has 0 aromatic carbocycles. The van der Waals surface area contributed by atoms with E-state index in [1.54, 1.807) is 0 Å². The third kappa shape index (κ3) is 8.20. The van der Waals surface area contributed by atoms with Crippen LogP contribution in [0, 0.1) is 0 Å². The van der Waals surface area contributed by atoms with Gasteiger partial charge in [-0.05, 0) is 31.0 Å². The average Bonchev–Trinajstić information content (AvgIpc) is 2.33. The van der Waals surface area contributed by atoms with Crippen molar-refractivity contribution in [3.8, 4) is 0 Å². The largest absolute Gasteiger partial charge is 0.414 e. The molecule has 0 spiro atoms. The van der Waals surface area contributed by atoms with Crippen molar-refractivity contribution in [3.05, 3.63) is 0 Å². The van der Waals surface area contributed by atoms with Gasteiger partial charge in [0.2, 0.25) is 0 Å². The predicted octanol–water partition coefficient (Wildman–Crippen LogP) is 5.72. The van der Waals surface area contributed by atoms with E-state index in [2.05, 4.69) is 40.8 Å². The first kappa shape index (κ1) is 19.8. The Bertz CT molecular complexity index is 256. The van der Waals surface area contributed by atoms with Gasteiger partial charge < -0.3 is 9.22 Å². The average molecular weight is 301 g/mol. The van der Waals surface area contributed by atoms with Crippen molar-refractivity contribution < 1.29 is 9.22 Å². The summed E-state index contributed by atoms with van der Waals surface area (Å²) < 4.78 is 6.49. The Kier molecular flexibility index (Phi) is 9.65. The molecule has 1 atom stereocenters. The summed E-state index contributed by atoms with van der Waals surface area (Å²) >= 11 is 0. The summed E-state index contributed by atoms with van der Waals surface area (Å²) in [5.41, 5.74) is 0. The van der Waals surface area contributed by atoms with Crippen LogP contribution in [0.4, 0.5) is 0 Å². The van der Waals surface area contributed by atoms with Crippen molar-refractivity contribution in [2.45, 2.75) is 103 Å². The zero-order valence-electron chi connectivity index (χ0n) is 14.6. The number of hydrogen-bond acceptors (Lipinski definition) is 2. The van der Waals surface area contributed by atoms with Gasteiger partial charge in [0.25, 0.3) is 0 Å². The maximum Gasteiger partial charge on any atom is 0.192 e. The lowest BCUT2D eigenvalue weighted by Gasteiger charge is -2.39. The third-order valence-corrected chi connectivity index (χ3v) is 9.04. The van der Waals surface area contributed by atoms with E-state index in [-0.39, 0.29) is 11.1 Å². The van der Waals surface area contributed by atoms with Gasteiger partial charge >= 0.3 is 0 Å². The minimum atomic E-state index is -1.71. The van der Waals surface area contributed by atoms with Gasteiger partial charge in [-0.15, -0.1) is 0 Å². The Morgan fingerprint density at radius 3 is 2.15 bits per heavy atom. The zero-order chi connectivity index (χ0) is 15.6. The van der Waals surface area contributed by atoms with Crippen LogP contribution in [0.25, 0.3) is 0 Å². The highest BCUT2D eigenvalue weighted by molar-refractivity contribution is 6.74. The highest BCUT2D eigenvalue weighted by atomic mass is 28.4. The van der Waals surface area contributed by atoms with Crippen LogP contribution in [0.3, 0.4) is 0 Å². The quantitative estimate of drug-likeness (QED) is 0.277. The lowest BCUT2D eigenvalue weighted by molar-refractivity contribution is -0.108. The van der Waals surface area contributed by atoms with Crippen molar-refractivity contribution in [1.82, 2.24) is 0 Å². The fourth-order valence-electron chi connectivity index (χ4n) is 2.09. The number of carbonyl (C=O) groups excluding carboxylic acids is 1. The van der Waals surface area contributed by atoms with Crippen LogP contribution in [-0.4, -0.2) is 20.7 Å². The van der Waals surface area contributed by atoms with E-state index in [4.69, 9.17) is 4.43 Å². The minimum Gasteiger partial charge on any atom is -0.414 e. The molecule has 0 unspecified atom stereocenters. The summed E-state index contributed by atoms with van der Waals surface area (Å²) in [5.74, 6) is 0. The summed E-state index contributed by atoms with van der Waals surface area (Å²) in [7, 11) is -1.71. The first-order valence-corrected chi connectivity index (χ1v) is 11.3. The van der Waals surface area contributed by atoms with Crippen molar-refractivity contribution in [2.75, 3.05) is 0 Å². The van der Waals surface area contributed by atoms with Crippen molar-refractivity contribution in [3.63, 3.8) is 0 Å². The molecule has 0 aromatic rings. The van der Waals surface area contributed by atoms with Crippen LogP contribution in [0.15, 0.2) is 0 Å². The molecule has 0 N–H and O–H groups in total. The normalized spacial score (nSPS) is 14.3. The van der Waals surface area contributed by atoms with E-state index in [1.807, 2.05) is 0 Å². The minimum absolute atomic E-state index is 0.245. The second-order valence-corrected chi connectivity index (χ2v) is 12.2. The third-order valence-electron chi connectivity index (χ3n) is 4.50. The summed E-state index contributed by atoms with van der Waals surface area (Å²) in [6.45, 7) is 13.7. The first-order valence-electron chi connectivity index (χ1n) is 8.36. The summed E-state index contributed by atoms with van der Waals surface area (Å²) in [6.07, 6.45) is 10.4.